The molecule has 1 aromatic heterocycles. The van der Waals surface area contributed by atoms with Crippen LogP contribution >= 0.6 is 0 Å². The average Bonchev–Trinajstić information content (AvgIpc) is 2.87. The van der Waals surface area contributed by atoms with Gasteiger partial charge in [-0.3, -0.25) is 4.79 Å². The molecule has 8 nitrogen and oxygen atoms in total. The molecule has 0 saturated carbocycles. The van der Waals surface area contributed by atoms with Gasteiger partial charge in [0.1, 0.15) is 0 Å². The second-order valence-electron chi connectivity index (χ2n) is 8.84. The van der Waals surface area contributed by atoms with Crippen molar-refractivity contribution in [2.45, 2.75) is 32.6 Å². The van der Waals surface area contributed by atoms with E-state index in [0.29, 0.717) is 36.9 Å². The predicted molar refractivity (Wildman–Crippen MR) is 135 cm³/mol. The van der Waals surface area contributed by atoms with Crippen LogP contribution < -0.4 is 29.6 Å². The fourth-order valence-electron chi connectivity index (χ4n) is 5.33. The smallest absolute Gasteiger partial charge is 0.223 e. The van der Waals surface area contributed by atoms with Gasteiger partial charge < -0.3 is 29.6 Å². The summed E-state index contributed by atoms with van der Waals surface area (Å²) >= 11 is 0. The van der Waals surface area contributed by atoms with Crippen LogP contribution in [0.3, 0.4) is 0 Å². The molecular formula is C27H31N3O5. The molecule has 1 aliphatic heterocycles. The third-order valence-corrected chi connectivity index (χ3v) is 6.94. The summed E-state index contributed by atoms with van der Waals surface area (Å²) in [5.74, 6) is 2.50. The first-order chi connectivity index (χ1) is 17.0. The van der Waals surface area contributed by atoms with Gasteiger partial charge in [0.05, 0.1) is 44.8 Å². The van der Waals surface area contributed by atoms with Crippen LogP contribution in [0, 0.1) is 0 Å². The summed E-state index contributed by atoms with van der Waals surface area (Å²) in [5.41, 5.74) is 12.8. The monoisotopic (exact) mass is 477 g/mol. The van der Waals surface area contributed by atoms with Gasteiger partial charge in [-0.1, -0.05) is 0 Å². The van der Waals surface area contributed by atoms with Crippen molar-refractivity contribution in [1.29, 1.82) is 0 Å². The topological polar surface area (TPSA) is 96.1 Å². The lowest BCUT2D eigenvalue weighted by molar-refractivity contribution is -0.116. The Morgan fingerprint density at radius 3 is 2.49 bits per heavy atom. The number of aryl methyl sites for hydroxylation is 1. The molecule has 2 N–H and O–H groups in total. The maximum atomic E-state index is 12.5. The Labute approximate surface area is 204 Å². The highest BCUT2D eigenvalue weighted by molar-refractivity contribution is 6.09. The van der Waals surface area contributed by atoms with Crippen molar-refractivity contribution < 1.29 is 23.7 Å². The highest BCUT2D eigenvalue weighted by atomic mass is 16.5. The molecule has 2 heterocycles. The molecule has 0 spiro atoms. The van der Waals surface area contributed by atoms with Crippen molar-refractivity contribution >= 4 is 22.5 Å². The third-order valence-electron chi connectivity index (χ3n) is 6.94. The van der Waals surface area contributed by atoms with Gasteiger partial charge in [0.15, 0.2) is 23.0 Å². The zero-order valence-electron chi connectivity index (χ0n) is 20.7. The quantitative estimate of drug-likeness (QED) is 0.519. The van der Waals surface area contributed by atoms with Crippen molar-refractivity contribution in [3.05, 3.63) is 34.9 Å². The van der Waals surface area contributed by atoms with Crippen LogP contribution in [0.1, 0.15) is 30.0 Å². The van der Waals surface area contributed by atoms with Gasteiger partial charge >= 0.3 is 0 Å². The summed E-state index contributed by atoms with van der Waals surface area (Å²) in [6, 6.07) is 6.01. The molecule has 5 rings (SSSR count). The van der Waals surface area contributed by atoms with Crippen LogP contribution in [0.25, 0.3) is 22.2 Å². The molecule has 1 aliphatic carbocycles. The fourth-order valence-corrected chi connectivity index (χ4v) is 5.33. The minimum atomic E-state index is -0.0292. The van der Waals surface area contributed by atoms with Crippen molar-refractivity contribution in [3.63, 3.8) is 0 Å². The van der Waals surface area contributed by atoms with E-state index in [2.05, 4.69) is 6.07 Å². The summed E-state index contributed by atoms with van der Waals surface area (Å²) in [4.78, 5) is 19.4. The molecule has 184 valence electrons. The molecule has 1 amide bonds. The summed E-state index contributed by atoms with van der Waals surface area (Å²) < 4.78 is 23.0. The first-order valence-corrected chi connectivity index (χ1v) is 11.9. The van der Waals surface area contributed by atoms with E-state index >= 15 is 0 Å². The number of nitrogens with two attached hydrogens (primary N) is 1. The highest BCUT2D eigenvalue weighted by Crippen LogP contribution is 2.50. The first kappa shape index (κ1) is 23.2. The van der Waals surface area contributed by atoms with E-state index in [9.17, 15) is 4.79 Å². The lowest BCUT2D eigenvalue weighted by atomic mass is 9.82. The molecule has 2 aliphatic rings. The summed E-state index contributed by atoms with van der Waals surface area (Å²) in [7, 11) is 4.86. The molecule has 8 heteroatoms. The summed E-state index contributed by atoms with van der Waals surface area (Å²) in [5, 5.41) is 0.972. The van der Waals surface area contributed by atoms with E-state index in [1.165, 1.54) is 16.7 Å². The number of methoxy groups -OCH3 is 3. The number of rotatable bonds is 7. The van der Waals surface area contributed by atoms with Crippen LogP contribution in [0.2, 0.25) is 0 Å². The standard InChI is InChI=1S/C27H31N3O5/c1-15(31)30-10-8-17-18-7-6-16-12-22(35-11-5-9-28)21(32-2)13-19(16)25(18)29-20-14-23(33-3)27(34-4)26(30)24(17)20/h12-14H,5-11,28H2,1-4H3. The van der Waals surface area contributed by atoms with Crippen LogP contribution in [0.4, 0.5) is 5.69 Å². The van der Waals surface area contributed by atoms with Crippen molar-refractivity contribution in [1.82, 2.24) is 4.98 Å². The average molecular weight is 478 g/mol. The molecule has 0 unspecified atom stereocenters. The second-order valence-corrected chi connectivity index (χ2v) is 8.84. The number of hydrogen-bond donors (Lipinski definition) is 1. The predicted octanol–water partition coefficient (Wildman–Crippen LogP) is 3.66. The molecule has 0 bridgehead atoms. The Hall–Kier alpha value is -3.52. The molecule has 0 radical (unpaired) electrons. The number of aromatic nitrogens is 1. The van der Waals surface area contributed by atoms with E-state index in [1.807, 2.05) is 12.1 Å². The second kappa shape index (κ2) is 9.26. The Balaban J connectivity index is 1.74. The van der Waals surface area contributed by atoms with Gasteiger partial charge in [0.2, 0.25) is 5.91 Å². The molecule has 35 heavy (non-hydrogen) atoms. The molecular weight excluding hydrogens is 446 g/mol. The highest BCUT2D eigenvalue weighted by Gasteiger charge is 2.33. The number of nitrogens with zero attached hydrogens (tertiary/aromatic N) is 2. The Bertz CT molecular complexity index is 1320. The fraction of sp³-hybridized carbons (Fsp3) is 0.407. The SMILES string of the molecule is COc1cc2c(cc1OCCCN)CCc1c-2nc2cc(OC)c(OC)c3c2c1CCN3C(C)=O. The number of fused-ring (bicyclic) bond motifs is 4. The zero-order valence-corrected chi connectivity index (χ0v) is 20.7. The molecule has 0 atom stereocenters. The third kappa shape index (κ3) is 3.72. The number of carbonyl (C=O) groups excluding carboxylic acids is 1. The van der Waals surface area contributed by atoms with E-state index < -0.39 is 0 Å². The van der Waals surface area contributed by atoms with E-state index in [-0.39, 0.29) is 5.91 Å². The van der Waals surface area contributed by atoms with Gasteiger partial charge in [-0.15, -0.1) is 0 Å². The number of anilines is 1. The largest absolute Gasteiger partial charge is 0.493 e. The maximum absolute atomic E-state index is 12.5. The first-order valence-electron chi connectivity index (χ1n) is 11.9. The normalized spacial score (nSPS) is 13.8. The van der Waals surface area contributed by atoms with Crippen molar-refractivity contribution in [2.24, 2.45) is 5.73 Å². The minimum Gasteiger partial charge on any atom is -0.493 e. The van der Waals surface area contributed by atoms with Gasteiger partial charge in [0.25, 0.3) is 0 Å². The molecule has 0 saturated heterocycles. The molecule has 0 fully saturated rings. The van der Waals surface area contributed by atoms with Gasteiger partial charge in [0, 0.05) is 30.5 Å². The van der Waals surface area contributed by atoms with E-state index in [1.54, 1.807) is 33.2 Å². The number of pyridine rings is 1. The number of benzene rings is 2. The lowest BCUT2D eigenvalue weighted by Crippen LogP contribution is -2.34. The maximum Gasteiger partial charge on any atom is 0.223 e. The molecule has 2 aromatic carbocycles. The summed E-state index contributed by atoms with van der Waals surface area (Å²) in [6.45, 7) is 3.29. The van der Waals surface area contributed by atoms with Crippen LogP contribution in [0.5, 0.6) is 23.0 Å². The number of carbonyl (C=O) groups is 1. The van der Waals surface area contributed by atoms with Gasteiger partial charge in [-0.05, 0) is 61.1 Å². The zero-order chi connectivity index (χ0) is 24.7. The van der Waals surface area contributed by atoms with E-state index in [4.69, 9.17) is 29.7 Å². The number of amides is 1. The van der Waals surface area contributed by atoms with Crippen molar-refractivity contribution in [3.8, 4) is 34.3 Å². The van der Waals surface area contributed by atoms with Crippen LogP contribution in [-0.2, 0) is 24.1 Å². The molecule has 3 aromatic rings. The Kier molecular flexibility index (Phi) is 6.15. The summed E-state index contributed by atoms with van der Waals surface area (Å²) in [6.07, 6.45) is 3.28. The van der Waals surface area contributed by atoms with Crippen molar-refractivity contribution in [2.75, 3.05) is 45.9 Å². The van der Waals surface area contributed by atoms with Gasteiger partial charge in [-0.25, -0.2) is 4.98 Å². The van der Waals surface area contributed by atoms with Crippen LogP contribution in [-0.4, -0.2) is 51.9 Å². The number of hydrogen-bond acceptors (Lipinski definition) is 7. The van der Waals surface area contributed by atoms with Gasteiger partial charge in [-0.2, -0.15) is 0 Å². The van der Waals surface area contributed by atoms with E-state index in [0.717, 1.165) is 59.3 Å². The Morgan fingerprint density at radius 2 is 1.80 bits per heavy atom. The number of ether oxygens (including phenoxy) is 4. The minimum absolute atomic E-state index is 0.0292. The lowest BCUT2D eigenvalue weighted by Gasteiger charge is -2.33. The van der Waals surface area contributed by atoms with Crippen LogP contribution in [0.15, 0.2) is 18.2 Å². The Morgan fingerprint density at radius 1 is 1.00 bits per heavy atom.